The third-order valence-electron chi connectivity index (χ3n) is 1.95. The van der Waals surface area contributed by atoms with Crippen molar-refractivity contribution >= 4 is 28.4 Å². The van der Waals surface area contributed by atoms with Gasteiger partial charge in [0.05, 0.1) is 6.33 Å². The summed E-state index contributed by atoms with van der Waals surface area (Å²) in [6.07, 6.45) is 2.51. The summed E-state index contributed by atoms with van der Waals surface area (Å²) in [6, 6.07) is 0. The second-order valence-corrected chi connectivity index (χ2v) is 4.03. The summed E-state index contributed by atoms with van der Waals surface area (Å²) in [6.45, 7) is 5.99. The van der Waals surface area contributed by atoms with E-state index in [2.05, 4.69) is 28.7 Å². The molecule has 0 aliphatic heterocycles. The van der Waals surface area contributed by atoms with E-state index in [1.54, 1.807) is 0 Å². The number of hydrogen-bond donors (Lipinski definition) is 1. The zero-order valence-electron chi connectivity index (χ0n) is 8.38. The number of rotatable bonds is 4. The number of halogens is 1. The minimum Gasteiger partial charge on any atom is -0.356 e. The summed E-state index contributed by atoms with van der Waals surface area (Å²) in [7, 11) is 0. The van der Waals surface area contributed by atoms with Crippen molar-refractivity contribution in [1.29, 1.82) is 0 Å². The molecular formula is C9H14IN3O. The van der Waals surface area contributed by atoms with Crippen molar-refractivity contribution in [2.75, 3.05) is 18.0 Å². The zero-order chi connectivity index (χ0) is 10.6. The molecule has 0 saturated heterocycles. The van der Waals surface area contributed by atoms with E-state index >= 15 is 0 Å². The molecule has 0 aliphatic carbocycles. The first kappa shape index (κ1) is 11.5. The highest BCUT2D eigenvalue weighted by Gasteiger charge is 2.10. The van der Waals surface area contributed by atoms with Crippen molar-refractivity contribution in [1.82, 2.24) is 9.97 Å². The average molecular weight is 307 g/mol. The van der Waals surface area contributed by atoms with Crippen LogP contribution in [0, 0.1) is 3.57 Å². The van der Waals surface area contributed by atoms with Gasteiger partial charge in [-0.2, -0.15) is 0 Å². The minimum absolute atomic E-state index is 0.0647. The molecule has 0 unspecified atom stereocenters. The monoisotopic (exact) mass is 307 g/mol. The first-order chi connectivity index (χ1) is 6.70. The molecule has 0 atom stereocenters. The molecule has 4 nitrogen and oxygen atoms in total. The third-order valence-corrected chi connectivity index (χ3v) is 2.93. The summed E-state index contributed by atoms with van der Waals surface area (Å²) in [5.41, 5.74) is -0.0647. The Balaban J connectivity index is 3.03. The van der Waals surface area contributed by atoms with Gasteiger partial charge in [-0.05, 0) is 35.9 Å². The number of aromatic amines is 1. The van der Waals surface area contributed by atoms with E-state index in [0.717, 1.165) is 25.3 Å². The lowest BCUT2D eigenvalue weighted by molar-refractivity contribution is 0.771. The Bertz CT molecular complexity index is 350. The maximum absolute atomic E-state index is 11.3. The fraction of sp³-hybridized carbons (Fsp3) is 0.556. The lowest BCUT2D eigenvalue weighted by atomic mass is 10.4. The van der Waals surface area contributed by atoms with Crippen LogP contribution in [0.15, 0.2) is 11.1 Å². The fourth-order valence-corrected chi connectivity index (χ4v) is 1.91. The van der Waals surface area contributed by atoms with E-state index in [0.29, 0.717) is 3.57 Å². The summed E-state index contributed by atoms with van der Waals surface area (Å²) in [5.74, 6) is 0.790. The molecule has 0 spiro atoms. The second-order valence-electron chi connectivity index (χ2n) is 2.95. The SMILES string of the molecule is CCCN(CC)c1nc[nH]c(=O)c1I. The van der Waals surface area contributed by atoms with Crippen LogP contribution in [0.1, 0.15) is 20.3 Å². The molecule has 14 heavy (non-hydrogen) atoms. The standard InChI is InChI=1S/C9H14IN3O/c1-3-5-13(4-2)8-7(10)9(14)12-6-11-8/h6H,3-5H2,1-2H3,(H,11,12,14). The molecule has 0 radical (unpaired) electrons. The highest BCUT2D eigenvalue weighted by atomic mass is 127. The van der Waals surface area contributed by atoms with Gasteiger partial charge in [-0.25, -0.2) is 4.98 Å². The zero-order valence-corrected chi connectivity index (χ0v) is 10.5. The van der Waals surface area contributed by atoms with E-state index < -0.39 is 0 Å². The van der Waals surface area contributed by atoms with E-state index in [1.165, 1.54) is 6.33 Å². The Morgan fingerprint density at radius 3 is 2.86 bits per heavy atom. The van der Waals surface area contributed by atoms with E-state index in [4.69, 9.17) is 0 Å². The highest BCUT2D eigenvalue weighted by Crippen LogP contribution is 2.14. The molecule has 0 fully saturated rings. The van der Waals surface area contributed by atoms with Crippen LogP contribution in [0.25, 0.3) is 0 Å². The van der Waals surface area contributed by atoms with Crippen molar-refractivity contribution < 1.29 is 0 Å². The Kier molecular flexibility index (Phi) is 4.37. The molecule has 5 heteroatoms. The molecule has 0 bridgehead atoms. The van der Waals surface area contributed by atoms with Crippen LogP contribution in [-0.2, 0) is 0 Å². The van der Waals surface area contributed by atoms with E-state index in [9.17, 15) is 4.79 Å². The van der Waals surface area contributed by atoms with Crippen molar-refractivity contribution in [2.45, 2.75) is 20.3 Å². The summed E-state index contributed by atoms with van der Waals surface area (Å²) in [4.78, 5) is 20.2. The summed E-state index contributed by atoms with van der Waals surface area (Å²) >= 11 is 2.04. The van der Waals surface area contributed by atoms with Gasteiger partial charge in [0.25, 0.3) is 5.56 Å². The molecular weight excluding hydrogens is 293 g/mol. The Morgan fingerprint density at radius 2 is 2.29 bits per heavy atom. The van der Waals surface area contributed by atoms with Crippen molar-refractivity contribution in [2.24, 2.45) is 0 Å². The van der Waals surface area contributed by atoms with Gasteiger partial charge in [-0.15, -0.1) is 0 Å². The molecule has 1 N–H and O–H groups in total. The predicted octanol–water partition coefficient (Wildman–Crippen LogP) is 1.61. The number of aromatic nitrogens is 2. The Hall–Kier alpha value is -0.590. The minimum atomic E-state index is -0.0647. The van der Waals surface area contributed by atoms with Gasteiger partial charge < -0.3 is 9.88 Å². The first-order valence-electron chi connectivity index (χ1n) is 4.68. The maximum Gasteiger partial charge on any atom is 0.266 e. The van der Waals surface area contributed by atoms with Crippen LogP contribution >= 0.6 is 22.6 Å². The first-order valence-corrected chi connectivity index (χ1v) is 5.76. The predicted molar refractivity (Wildman–Crippen MR) is 65.8 cm³/mol. The van der Waals surface area contributed by atoms with E-state index in [1.807, 2.05) is 22.6 Å². The summed E-state index contributed by atoms with van der Waals surface area (Å²) in [5, 5.41) is 0. The van der Waals surface area contributed by atoms with Crippen LogP contribution < -0.4 is 10.5 Å². The average Bonchev–Trinajstić information content (AvgIpc) is 2.19. The highest BCUT2D eigenvalue weighted by molar-refractivity contribution is 14.1. The lowest BCUT2D eigenvalue weighted by Gasteiger charge is -2.21. The van der Waals surface area contributed by atoms with Gasteiger partial charge >= 0.3 is 0 Å². The smallest absolute Gasteiger partial charge is 0.266 e. The van der Waals surface area contributed by atoms with Gasteiger partial charge in [0.15, 0.2) is 0 Å². The topological polar surface area (TPSA) is 49.0 Å². The lowest BCUT2D eigenvalue weighted by Crippen LogP contribution is -2.28. The summed E-state index contributed by atoms with van der Waals surface area (Å²) < 4.78 is 0.667. The van der Waals surface area contributed by atoms with Gasteiger partial charge in [0.1, 0.15) is 9.39 Å². The molecule has 1 rings (SSSR count). The number of hydrogen-bond acceptors (Lipinski definition) is 3. The van der Waals surface area contributed by atoms with Gasteiger partial charge in [-0.3, -0.25) is 4.79 Å². The molecule has 0 aromatic carbocycles. The van der Waals surface area contributed by atoms with Crippen LogP contribution in [0.3, 0.4) is 0 Å². The molecule has 0 aliphatic rings. The number of anilines is 1. The van der Waals surface area contributed by atoms with Crippen molar-refractivity contribution in [3.05, 3.63) is 20.3 Å². The van der Waals surface area contributed by atoms with Gasteiger partial charge in [0.2, 0.25) is 0 Å². The van der Waals surface area contributed by atoms with Gasteiger partial charge in [0, 0.05) is 13.1 Å². The van der Waals surface area contributed by atoms with Crippen LogP contribution in [0.2, 0.25) is 0 Å². The van der Waals surface area contributed by atoms with Crippen LogP contribution in [0.4, 0.5) is 5.82 Å². The second kappa shape index (κ2) is 5.33. The fourth-order valence-electron chi connectivity index (χ4n) is 1.28. The number of H-pyrrole nitrogens is 1. The largest absolute Gasteiger partial charge is 0.356 e. The number of nitrogens with zero attached hydrogens (tertiary/aromatic N) is 2. The quantitative estimate of drug-likeness (QED) is 0.860. The van der Waals surface area contributed by atoms with E-state index in [-0.39, 0.29) is 5.56 Å². The molecule has 1 heterocycles. The van der Waals surface area contributed by atoms with Crippen molar-refractivity contribution in [3.63, 3.8) is 0 Å². The third kappa shape index (κ3) is 2.46. The Morgan fingerprint density at radius 1 is 1.57 bits per heavy atom. The molecule has 1 aromatic rings. The maximum atomic E-state index is 11.3. The molecule has 78 valence electrons. The molecule has 0 saturated carbocycles. The molecule has 1 aromatic heterocycles. The van der Waals surface area contributed by atoms with Crippen molar-refractivity contribution in [3.8, 4) is 0 Å². The van der Waals surface area contributed by atoms with Gasteiger partial charge in [-0.1, -0.05) is 6.92 Å². The van der Waals surface area contributed by atoms with Crippen LogP contribution in [0.5, 0.6) is 0 Å². The number of nitrogens with one attached hydrogen (secondary N) is 1. The molecule has 0 amide bonds. The normalized spacial score (nSPS) is 10.2. The van der Waals surface area contributed by atoms with Crippen LogP contribution in [-0.4, -0.2) is 23.1 Å². The Labute approximate surface area is 96.9 Å².